The van der Waals surface area contributed by atoms with Gasteiger partial charge in [-0.3, -0.25) is 14.4 Å². The van der Waals surface area contributed by atoms with Gasteiger partial charge in [0.25, 0.3) is 0 Å². The first kappa shape index (κ1) is 27.0. The van der Waals surface area contributed by atoms with Crippen LogP contribution >= 0.6 is 0 Å². The van der Waals surface area contributed by atoms with Gasteiger partial charge in [-0.25, -0.2) is 4.79 Å². The number of carbonyl (C=O) groups is 4. The molecule has 0 bridgehead atoms. The van der Waals surface area contributed by atoms with Gasteiger partial charge < -0.3 is 37.0 Å². The van der Waals surface area contributed by atoms with Crippen LogP contribution in [0.3, 0.4) is 0 Å². The molecule has 0 aliphatic heterocycles. The number of nitrogens with two attached hydrogens (primary N) is 1. The van der Waals surface area contributed by atoms with E-state index in [9.17, 15) is 24.3 Å². The number of hydrogen-bond donors (Lipinski definition) is 7. The monoisotopic (exact) mass is 452 g/mol. The van der Waals surface area contributed by atoms with E-state index in [1.54, 1.807) is 0 Å². The number of carboxylic acids is 1. The minimum Gasteiger partial charge on any atom is -0.480 e. The highest BCUT2D eigenvalue weighted by atomic mass is 16.4. The highest BCUT2D eigenvalue weighted by Crippen LogP contribution is 2.07. The smallest absolute Gasteiger partial charge is 0.328 e. The Hall–Kier alpha value is -3.02. The Balaban J connectivity index is 2.81. The van der Waals surface area contributed by atoms with E-state index in [-0.39, 0.29) is 18.8 Å². The molecule has 0 spiro atoms. The molecule has 11 nitrogen and oxygen atoms in total. The Morgan fingerprint density at radius 2 is 1.34 bits per heavy atom. The van der Waals surface area contributed by atoms with E-state index >= 15 is 0 Å². The summed E-state index contributed by atoms with van der Waals surface area (Å²) < 4.78 is 0. The fourth-order valence-electron chi connectivity index (χ4n) is 2.87. The fraction of sp³-hybridized carbons (Fsp3) is 0.524. The highest BCUT2D eigenvalue weighted by Gasteiger charge is 2.30. The number of aliphatic carboxylic acids is 1. The summed E-state index contributed by atoms with van der Waals surface area (Å²) in [7, 11) is 0. The second-order valence-corrected chi connectivity index (χ2v) is 7.81. The van der Waals surface area contributed by atoms with Crippen molar-refractivity contribution in [2.45, 2.75) is 50.9 Å². The van der Waals surface area contributed by atoms with Gasteiger partial charge in [-0.1, -0.05) is 44.2 Å². The van der Waals surface area contributed by atoms with E-state index in [1.165, 1.54) is 0 Å². The Kier molecular flexibility index (Phi) is 11.3. The van der Waals surface area contributed by atoms with Crippen LogP contribution in [0.25, 0.3) is 0 Å². The topological polar surface area (TPSA) is 191 Å². The molecule has 32 heavy (non-hydrogen) atoms. The van der Waals surface area contributed by atoms with E-state index in [0.717, 1.165) is 5.56 Å². The van der Waals surface area contributed by atoms with Gasteiger partial charge >= 0.3 is 5.97 Å². The first-order valence-corrected chi connectivity index (χ1v) is 10.2. The van der Waals surface area contributed by atoms with Gasteiger partial charge in [0.1, 0.15) is 18.1 Å². The molecule has 0 unspecified atom stereocenters. The molecule has 11 heteroatoms. The molecule has 178 valence electrons. The average molecular weight is 453 g/mol. The van der Waals surface area contributed by atoms with E-state index in [2.05, 4.69) is 10.6 Å². The zero-order valence-corrected chi connectivity index (χ0v) is 18.2. The highest BCUT2D eigenvalue weighted by molar-refractivity contribution is 5.94. The molecule has 0 aliphatic carbocycles. The molecule has 0 fully saturated rings. The second-order valence-electron chi connectivity index (χ2n) is 7.81. The van der Waals surface area contributed by atoms with Crippen LogP contribution in [-0.4, -0.2) is 76.4 Å². The molecule has 8 N–H and O–H groups in total. The first-order valence-electron chi connectivity index (χ1n) is 10.2. The Morgan fingerprint density at radius 3 is 1.84 bits per heavy atom. The lowest BCUT2D eigenvalue weighted by molar-refractivity contribution is -0.143. The van der Waals surface area contributed by atoms with Crippen LogP contribution in [-0.2, 0) is 25.6 Å². The van der Waals surface area contributed by atoms with Crippen molar-refractivity contribution in [2.75, 3.05) is 13.2 Å². The molecule has 4 atom stereocenters. The van der Waals surface area contributed by atoms with Crippen molar-refractivity contribution in [1.29, 1.82) is 0 Å². The van der Waals surface area contributed by atoms with Crippen LogP contribution in [0.5, 0.6) is 0 Å². The average Bonchev–Trinajstić information content (AvgIpc) is 2.74. The molecule has 1 aromatic carbocycles. The third kappa shape index (κ3) is 9.00. The number of aliphatic hydroxyl groups excluding tert-OH is 2. The molecular formula is C21H32N4O7. The van der Waals surface area contributed by atoms with Crippen molar-refractivity contribution in [3.8, 4) is 0 Å². The molecule has 1 aromatic rings. The largest absolute Gasteiger partial charge is 0.480 e. The van der Waals surface area contributed by atoms with Crippen molar-refractivity contribution in [3.05, 3.63) is 35.9 Å². The lowest BCUT2D eigenvalue weighted by Crippen LogP contribution is -2.58. The number of nitrogens with one attached hydrogen (secondary N) is 3. The predicted molar refractivity (Wildman–Crippen MR) is 115 cm³/mol. The van der Waals surface area contributed by atoms with Crippen molar-refractivity contribution in [1.82, 2.24) is 16.0 Å². The molecule has 0 aromatic heterocycles. The van der Waals surface area contributed by atoms with Crippen LogP contribution in [0.2, 0.25) is 0 Å². The predicted octanol–water partition coefficient (Wildman–Crippen LogP) is -1.87. The summed E-state index contributed by atoms with van der Waals surface area (Å²) >= 11 is 0. The summed E-state index contributed by atoms with van der Waals surface area (Å²) in [6.45, 7) is 2.00. The Labute approximate surface area is 186 Å². The number of amides is 3. The van der Waals surface area contributed by atoms with E-state index in [0.29, 0.717) is 0 Å². The molecule has 3 amide bonds. The van der Waals surface area contributed by atoms with Crippen LogP contribution < -0.4 is 21.7 Å². The third-order valence-electron chi connectivity index (χ3n) is 4.59. The summed E-state index contributed by atoms with van der Waals surface area (Å²) in [6.07, 6.45) is 0.506. The molecule has 0 radical (unpaired) electrons. The lowest BCUT2D eigenvalue weighted by atomic mass is 10.0. The van der Waals surface area contributed by atoms with Gasteiger partial charge in [0.05, 0.1) is 19.3 Å². The summed E-state index contributed by atoms with van der Waals surface area (Å²) in [4.78, 5) is 48.4. The van der Waals surface area contributed by atoms with E-state index in [4.69, 9.17) is 15.9 Å². The summed E-state index contributed by atoms with van der Waals surface area (Å²) in [5.41, 5.74) is 6.83. The van der Waals surface area contributed by atoms with Crippen LogP contribution in [0.15, 0.2) is 30.3 Å². The normalized spacial score (nSPS) is 14.7. The quantitative estimate of drug-likeness (QED) is 0.181. The standard InChI is InChI=1S/C21H32N4O7/c1-12(2)8-15(23-18(28)14(22)9-13-6-4-3-5-7-13)19(29)24-16(10-26)20(30)25-17(11-27)21(31)32/h3-7,12,14-17,26-27H,8-11,22H2,1-2H3,(H,23,28)(H,24,29)(H,25,30)(H,31,32)/t14-,15-,16-,17-/m0/s1. The van der Waals surface area contributed by atoms with Gasteiger partial charge in [-0.05, 0) is 24.3 Å². The minimum atomic E-state index is -1.59. The van der Waals surface area contributed by atoms with Gasteiger partial charge in [-0.2, -0.15) is 0 Å². The number of carboxylic acid groups (broad SMARTS) is 1. The zero-order valence-electron chi connectivity index (χ0n) is 18.2. The van der Waals surface area contributed by atoms with E-state index in [1.807, 2.05) is 49.5 Å². The Morgan fingerprint density at radius 1 is 0.844 bits per heavy atom. The Bertz CT molecular complexity index is 773. The first-order chi connectivity index (χ1) is 15.1. The molecule has 1 rings (SSSR count). The summed E-state index contributed by atoms with van der Waals surface area (Å²) in [6, 6.07) is 4.14. The molecular weight excluding hydrogens is 420 g/mol. The maximum absolute atomic E-state index is 12.7. The third-order valence-corrected chi connectivity index (χ3v) is 4.59. The SMILES string of the molecule is CC(C)C[C@H](NC(=O)[C@@H](N)Cc1ccccc1)C(=O)N[C@@H](CO)C(=O)N[C@@H](CO)C(=O)O. The fourth-order valence-corrected chi connectivity index (χ4v) is 2.87. The summed E-state index contributed by atoms with van der Waals surface area (Å²) in [5.74, 6) is -3.74. The van der Waals surface area contributed by atoms with Crippen LogP contribution in [0.1, 0.15) is 25.8 Å². The molecule has 0 aliphatic rings. The molecule has 0 saturated carbocycles. The van der Waals surface area contributed by atoms with Gasteiger partial charge in [0, 0.05) is 0 Å². The van der Waals surface area contributed by atoms with Crippen molar-refractivity contribution in [2.24, 2.45) is 11.7 Å². The number of aliphatic hydroxyl groups is 2. The maximum Gasteiger partial charge on any atom is 0.328 e. The maximum atomic E-state index is 12.7. The van der Waals surface area contributed by atoms with Crippen LogP contribution in [0.4, 0.5) is 0 Å². The minimum absolute atomic E-state index is 0.00332. The van der Waals surface area contributed by atoms with Crippen molar-refractivity contribution < 1.29 is 34.5 Å². The van der Waals surface area contributed by atoms with Crippen LogP contribution in [0, 0.1) is 5.92 Å². The number of benzene rings is 1. The van der Waals surface area contributed by atoms with Gasteiger partial charge in [0.15, 0.2) is 0 Å². The zero-order chi connectivity index (χ0) is 24.3. The molecule has 0 saturated heterocycles. The lowest BCUT2D eigenvalue weighted by Gasteiger charge is -2.25. The van der Waals surface area contributed by atoms with Gasteiger partial charge in [0.2, 0.25) is 17.7 Å². The number of hydrogen-bond acceptors (Lipinski definition) is 7. The second kappa shape index (κ2) is 13.4. The van der Waals surface area contributed by atoms with Crippen molar-refractivity contribution >= 4 is 23.7 Å². The summed E-state index contributed by atoms with van der Waals surface area (Å²) in [5, 5.41) is 34.3. The number of rotatable bonds is 13. The number of carbonyl (C=O) groups excluding carboxylic acids is 3. The molecule has 0 heterocycles. The van der Waals surface area contributed by atoms with Gasteiger partial charge in [-0.15, -0.1) is 0 Å². The van der Waals surface area contributed by atoms with E-state index < -0.39 is 61.1 Å². The van der Waals surface area contributed by atoms with Crippen molar-refractivity contribution in [3.63, 3.8) is 0 Å².